The van der Waals surface area contributed by atoms with E-state index in [-0.39, 0.29) is 31.1 Å². The Kier molecular flexibility index (Phi) is 48.3. The summed E-state index contributed by atoms with van der Waals surface area (Å²) in [5, 5.41) is 0. The lowest BCUT2D eigenvalue weighted by molar-refractivity contribution is -0.167. The van der Waals surface area contributed by atoms with Crippen LogP contribution in [0.5, 0.6) is 0 Å². The van der Waals surface area contributed by atoms with Gasteiger partial charge in [0.05, 0.1) is 0 Å². The third-order valence-corrected chi connectivity index (χ3v) is 12.0. The van der Waals surface area contributed by atoms with Gasteiger partial charge in [-0.2, -0.15) is 0 Å². The van der Waals surface area contributed by atoms with E-state index in [0.717, 1.165) is 64.2 Å². The molecule has 0 N–H and O–H groups in total. The van der Waals surface area contributed by atoms with Crippen molar-refractivity contribution < 1.29 is 28.6 Å². The Balaban J connectivity index is 4.33. The molecular weight excluding hydrogens is 745 g/mol. The Hall–Kier alpha value is -1.85. The minimum absolute atomic E-state index is 0.0679. The summed E-state index contributed by atoms with van der Waals surface area (Å²) in [4.78, 5) is 38.0. The maximum Gasteiger partial charge on any atom is 0.306 e. The van der Waals surface area contributed by atoms with Gasteiger partial charge in [0, 0.05) is 19.3 Å². The molecule has 0 radical (unpaired) electrons. The molecule has 0 aromatic rings. The molecule has 0 saturated carbocycles. The third-order valence-electron chi connectivity index (χ3n) is 12.0. The Morgan fingerprint density at radius 1 is 0.317 bits per heavy atom. The highest BCUT2D eigenvalue weighted by molar-refractivity contribution is 5.71. The standard InChI is InChI=1S/C54H102O6/c1-4-7-10-13-16-19-22-25-27-30-32-35-38-41-44-47-53(56)59-50-51(49-58-52(55)46-43-40-37-34-31-28-24-21-18-15-12-9-6-3)60-54(57)48-45-42-39-36-33-29-26-23-20-17-14-11-8-5-2/h23,26,51H,4-22,24-25,27-50H2,1-3H3/b26-23+/t51-/m1/s1. The molecule has 1 atom stereocenters. The van der Waals surface area contributed by atoms with E-state index in [2.05, 4.69) is 32.9 Å². The number of ether oxygens (including phenoxy) is 3. The number of rotatable bonds is 49. The minimum Gasteiger partial charge on any atom is -0.462 e. The SMILES string of the molecule is CCCCCCC/C=C/CCCCCCCC(=O)O[C@H](COC(=O)CCCCCCCCCCCCCCC)COC(=O)CCCCCCCCCCCCCCCCC. The van der Waals surface area contributed by atoms with Crippen molar-refractivity contribution in [3.05, 3.63) is 12.2 Å². The predicted octanol–water partition coefficient (Wildman–Crippen LogP) is 17.4. The molecule has 0 fully saturated rings. The smallest absolute Gasteiger partial charge is 0.306 e. The van der Waals surface area contributed by atoms with Crippen LogP contribution in [-0.4, -0.2) is 37.2 Å². The van der Waals surface area contributed by atoms with E-state index in [4.69, 9.17) is 14.2 Å². The van der Waals surface area contributed by atoms with Crippen LogP contribution in [0.15, 0.2) is 12.2 Å². The van der Waals surface area contributed by atoms with Gasteiger partial charge < -0.3 is 14.2 Å². The number of allylic oxidation sites excluding steroid dienone is 2. The van der Waals surface area contributed by atoms with E-state index in [1.54, 1.807) is 0 Å². The van der Waals surface area contributed by atoms with Crippen LogP contribution >= 0.6 is 0 Å². The lowest BCUT2D eigenvalue weighted by Crippen LogP contribution is -2.30. The fourth-order valence-corrected chi connectivity index (χ4v) is 7.97. The molecule has 0 amide bonds. The van der Waals surface area contributed by atoms with Crippen LogP contribution in [0.4, 0.5) is 0 Å². The van der Waals surface area contributed by atoms with Crippen LogP contribution in [-0.2, 0) is 28.6 Å². The summed E-state index contributed by atoms with van der Waals surface area (Å²) >= 11 is 0. The summed E-state index contributed by atoms with van der Waals surface area (Å²) in [6.07, 6.45) is 54.7. The van der Waals surface area contributed by atoms with E-state index in [1.807, 2.05) is 0 Å². The Morgan fingerprint density at radius 3 is 0.833 bits per heavy atom. The first-order valence-corrected chi connectivity index (χ1v) is 26.7. The van der Waals surface area contributed by atoms with Crippen molar-refractivity contribution in [1.29, 1.82) is 0 Å². The number of carbonyl (C=O) groups is 3. The van der Waals surface area contributed by atoms with Gasteiger partial charge in [-0.05, 0) is 44.9 Å². The molecule has 0 aliphatic rings. The number of unbranched alkanes of at least 4 members (excludes halogenated alkanes) is 36. The fraction of sp³-hybridized carbons (Fsp3) is 0.907. The average molecular weight is 847 g/mol. The van der Waals surface area contributed by atoms with Gasteiger partial charge in [-0.1, -0.05) is 245 Å². The zero-order valence-electron chi connectivity index (χ0n) is 40.5. The zero-order valence-corrected chi connectivity index (χ0v) is 40.5. The summed E-state index contributed by atoms with van der Waals surface area (Å²) in [6.45, 7) is 6.66. The molecule has 0 aromatic heterocycles. The number of hydrogen-bond acceptors (Lipinski definition) is 6. The Bertz CT molecular complexity index is 931. The van der Waals surface area contributed by atoms with E-state index < -0.39 is 6.10 Å². The summed E-state index contributed by atoms with van der Waals surface area (Å²) < 4.78 is 16.8. The lowest BCUT2D eigenvalue weighted by atomic mass is 10.0. The highest BCUT2D eigenvalue weighted by Crippen LogP contribution is 2.16. The first-order chi connectivity index (χ1) is 29.5. The second-order valence-corrected chi connectivity index (χ2v) is 18.2. The van der Waals surface area contributed by atoms with Gasteiger partial charge in [0.15, 0.2) is 6.10 Å². The first-order valence-electron chi connectivity index (χ1n) is 26.7. The van der Waals surface area contributed by atoms with E-state index in [1.165, 1.54) is 193 Å². The largest absolute Gasteiger partial charge is 0.462 e. The van der Waals surface area contributed by atoms with E-state index >= 15 is 0 Å². The summed E-state index contributed by atoms with van der Waals surface area (Å²) in [7, 11) is 0. The van der Waals surface area contributed by atoms with Crippen molar-refractivity contribution in [3.63, 3.8) is 0 Å². The van der Waals surface area contributed by atoms with Gasteiger partial charge in [0.2, 0.25) is 0 Å². The summed E-state index contributed by atoms with van der Waals surface area (Å²) in [6, 6.07) is 0. The molecule has 6 heteroatoms. The predicted molar refractivity (Wildman–Crippen MR) is 256 cm³/mol. The first kappa shape index (κ1) is 58.1. The molecule has 6 nitrogen and oxygen atoms in total. The van der Waals surface area contributed by atoms with Gasteiger partial charge >= 0.3 is 17.9 Å². The number of hydrogen-bond donors (Lipinski definition) is 0. The van der Waals surface area contributed by atoms with E-state index in [0.29, 0.717) is 19.3 Å². The van der Waals surface area contributed by atoms with Crippen molar-refractivity contribution in [2.24, 2.45) is 0 Å². The van der Waals surface area contributed by atoms with Crippen LogP contribution in [0, 0.1) is 0 Å². The fourth-order valence-electron chi connectivity index (χ4n) is 7.97. The van der Waals surface area contributed by atoms with E-state index in [9.17, 15) is 14.4 Å². The highest BCUT2D eigenvalue weighted by Gasteiger charge is 2.19. The van der Waals surface area contributed by atoms with Crippen molar-refractivity contribution >= 4 is 17.9 Å². The maximum atomic E-state index is 12.8. The highest BCUT2D eigenvalue weighted by atomic mass is 16.6. The van der Waals surface area contributed by atoms with Crippen LogP contribution < -0.4 is 0 Å². The molecule has 0 spiro atoms. The molecule has 0 heterocycles. The van der Waals surface area contributed by atoms with Crippen molar-refractivity contribution in [2.45, 2.75) is 303 Å². The Labute approximate surface area is 373 Å². The average Bonchev–Trinajstić information content (AvgIpc) is 3.24. The number of esters is 3. The monoisotopic (exact) mass is 847 g/mol. The number of carbonyl (C=O) groups excluding carboxylic acids is 3. The van der Waals surface area contributed by atoms with Crippen molar-refractivity contribution in [3.8, 4) is 0 Å². The van der Waals surface area contributed by atoms with Crippen molar-refractivity contribution in [1.82, 2.24) is 0 Å². The maximum absolute atomic E-state index is 12.8. The topological polar surface area (TPSA) is 78.9 Å². The molecular formula is C54H102O6. The van der Waals surface area contributed by atoms with Crippen molar-refractivity contribution in [2.75, 3.05) is 13.2 Å². The second kappa shape index (κ2) is 49.8. The van der Waals surface area contributed by atoms with Crippen LogP contribution in [0.25, 0.3) is 0 Å². The lowest BCUT2D eigenvalue weighted by Gasteiger charge is -2.18. The normalized spacial score (nSPS) is 12.0. The third kappa shape index (κ3) is 47.2. The van der Waals surface area contributed by atoms with Gasteiger partial charge in [-0.15, -0.1) is 0 Å². The molecule has 0 bridgehead atoms. The van der Waals surface area contributed by atoms with Crippen LogP contribution in [0.1, 0.15) is 297 Å². The van der Waals surface area contributed by atoms with Gasteiger partial charge in [-0.25, -0.2) is 0 Å². The molecule has 0 saturated heterocycles. The zero-order chi connectivity index (χ0) is 43.7. The molecule has 354 valence electrons. The molecule has 0 aromatic carbocycles. The van der Waals surface area contributed by atoms with Gasteiger partial charge in [0.1, 0.15) is 13.2 Å². The quantitative estimate of drug-likeness (QED) is 0.0263. The molecule has 60 heavy (non-hydrogen) atoms. The van der Waals surface area contributed by atoms with Crippen LogP contribution in [0.3, 0.4) is 0 Å². The Morgan fingerprint density at radius 2 is 0.550 bits per heavy atom. The van der Waals surface area contributed by atoms with Gasteiger partial charge in [-0.3, -0.25) is 14.4 Å². The molecule has 0 aliphatic heterocycles. The minimum atomic E-state index is -0.767. The molecule has 0 aliphatic carbocycles. The molecule has 0 rings (SSSR count). The second-order valence-electron chi connectivity index (χ2n) is 18.2. The van der Waals surface area contributed by atoms with Gasteiger partial charge in [0.25, 0.3) is 0 Å². The van der Waals surface area contributed by atoms with Crippen LogP contribution in [0.2, 0.25) is 0 Å². The molecule has 0 unspecified atom stereocenters. The summed E-state index contributed by atoms with van der Waals surface area (Å²) in [5.74, 6) is -0.858. The summed E-state index contributed by atoms with van der Waals surface area (Å²) in [5.41, 5.74) is 0.